The first-order valence-electron chi connectivity index (χ1n) is 8.06. The van der Waals surface area contributed by atoms with Gasteiger partial charge in [-0.3, -0.25) is 4.79 Å². The Morgan fingerprint density at radius 1 is 1.08 bits per heavy atom. The maximum absolute atomic E-state index is 12.0. The van der Waals surface area contributed by atoms with E-state index in [0.717, 1.165) is 21.7 Å². The van der Waals surface area contributed by atoms with Crippen LogP contribution in [0.1, 0.15) is 22.8 Å². The molecule has 4 nitrogen and oxygen atoms in total. The second-order valence-electron chi connectivity index (χ2n) is 6.07. The number of hydrogen-bond acceptors (Lipinski definition) is 3. The molecular formula is C21H16NO3+. The van der Waals surface area contributed by atoms with Crippen LogP contribution in [-0.2, 0) is 6.54 Å². The Bertz CT molecular complexity index is 1170. The fourth-order valence-corrected chi connectivity index (χ4v) is 3.17. The SMILES string of the molecule is CC(=O)c1ccc[n+](Cc2cc(=O)oc3ccc4ccccc4c23)c1. The number of fused-ring (bicyclic) bond motifs is 3. The molecule has 0 radical (unpaired) electrons. The second-order valence-corrected chi connectivity index (χ2v) is 6.07. The highest BCUT2D eigenvalue weighted by Crippen LogP contribution is 2.27. The zero-order valence-electron chi connectivity index (χ0n) is 13.7. The number of hydrogen-bond donors (Lipinski definition) is 0. The van der Waals surface area contributed by atoms with Crippen LogP contribution in [0.4, 0.5) is 0 Å². The molecule has 0 N–H and O–H groups in total. The lowest BCUT2D eigenvalue weighted by atomic mass is 10.0. The Morgan fingerprint density at radius 3 is 2.76 bits per heavy atom. The minimum Gasteiger partial charge on any atom is -0.423 e. The minimum absolute atomic E-state index is 0.0113. The van der Waals surface area contributed by atoms with Gasteiger partial charge in [-0.05, 0) is 29.8 Å². The van der Waals surface area contributed by atoms with E-state index in [1.807, 2.05) is 53.2 Å². The molecule has 25 heavy (non-hydrogen) atoms. The predicted molar refractivity (Wildman–Crippen MR) is 95.7 cm³/mol. The van der Waals surface area contributed by atoms with Gasteiger partial charge in [0.25, 0.3) is 0 Å². The van der Waals surface area contributed by atoms with Crippen molar-refractivity contribution in [1.29, 1.82) is 0 Å². The molecule has 0 saturated heterocycles. The van der Waals surface area contributed by atoms with Crippen LogP contribution in [0.5, 0.6) is 0 Å². The van der Waals surface area contributed by atoms with E-state index >= 15 is 0 Å². The highest BCUT2D eigenvalue weighted by molar-refractivity contribution is 6.07. The highest BCUT2D eigenvalue weighted by atomic mass is 16.4. The van der Waals surface area contributed by atoms with Crippen LogP contribution in [-0.4, -0.2) is 5.78 Å². The minimum atomic E-state index is -0.374. The Kier molecular flexibility index (Phi) is 3.65. The first-order chi connectivity index (χ1) is 12.1. The van der Waals surface area contributed by atoms with Crippen molar-refractivity contribution in [3.05, 3.63) is 88.5 Å². The molecule has 4 heteroatoms. The lowest BCUT2D eigenvalue weighted by molar-refractivity contribution is -0.688. The normalized spacial score (nSPS) is 11.1. The quantitative estimate of drug-likeness (QED) is 0.250. The molecule has 0 amide bonds. The van der Waals surface area contributed by atoms with Crippen molar-refractivity contribution < 1.29 is 13.8 Å². The number of ketones is 1. The van der Waals surface area contributed by atoms with E-state index in [2.05, 4.69) is 0 Å². The van der Waals surface area contributed by atoms with Crippen LogP contribution in [0.3, 0.4) is 0 Å². The third-order valence-corrected chi connectivity index (χ3v) is 4.33. The van der Waals surface area contributed by atoms with Crippen molar-refractivity contribution in [1.82, 2.24) is 0 Å². The summed E-state index contributed by atoms with van der Waals surface area (Å²) < 4.78 is 7.30. The van der Waals surface area contributed by atoms with Crippen LogP contribution in [0.2, 0.25) is 0 Å². The average Bonchev–Trinajstić information content (AvgIpc) is 2.61. The van der Waals surface area contributed by atoms with E-state index in [1.165, 1.54) is 6.07 Å². The molecule has 2 aromatic carbocycles. The molecule has 0 bridgehead atoms. The van der Waals surface area contributed by atoms with E-state index in [1.54, 1.807) is 19.2 Å². The lowest BCUT2D eigenvalue weighted by Gasteiger charge is -2.07. The average molecular weight is 330 g/mol. The Hall–Kier alpha value is -3.27. The molecule has 0 aliphatic rings. The number of carbonyl (C=O) groups is 1. The van der Waals surface area contributed by atoms with Crippen LogP contribution < -0.4 is 10.2 Å². The van der Waals surface area contributed by atoms with Gasteiger partial charge in [0.05, 0.1) is 5.56 Å². The fourth-order valence-electron chi connectivity index (χ4n) is 3.17. The summed E-state index contributed by atoms with van der Waals surface area (Å²) in [6, 6.07) is 17.0. The lowest BCUT2D eigenvalue weighted by Crippen LogP contribution is -2.34. The topological polar surface area (TPSA) is 51.2 Å². The number of pyridine rings is 1. The number of Topliss-reactive ketones (excluding diaryl/α,β-unsaturated/α-hetero) is 1. The first-order valence-corrected chi connectivity index (χ1v) is 8.06. The fraction of sp³-hybridized carbons (Fsp3) is 0.0952. The van der Waals surface area contributed by atoms with Crippen LogP contribution in [0, 0.1) is 0 Å². The van der Waals surface area contributed by atoms with Crippen molar-refractivity contribution in [3.8, 4) is 0 Å². The van der Waals surface area contributed by atoms with E-state index in [0.29, 0.717) is 17.7 Å². The molecule has 0 aliphatic carbocycles. The smallest absolute Gasteiger partial charge is 0.336 e. The first kappa shape index (κ1) is 15.3. The third-order valence-electron chi connectivity index (χ3n) is 4.33. The summed E-state index contributed by atoms with van der Waals surface area (Å²) in [7, 11) is 0. The molecule has 4 aromatic rings. The Morgan fingerprint density at radius 2 is 1.92 bits per heavy atom. The molecule has 0 aliphatic heterocycles. The highest BCUT2D eigenvalue weighted by Gasteiger charge is 2.14. The summed E-state index contributed by atoms with van der Waals surface area (Å²) in [5, 5.41) is 3.06. The Balaban J connectivity index is 1.94. The summed E-state index contributed by atoms with van der Waals surface area (Å²) in [5.41, 5.74) is 1.71. The molecule has 0 saturated carbocycles. The van der Waals surface area contributed by atoms with Crippen LogP contribution in [0.25, 0.3) is 21.7 Å². The summed E-state index contributed by atoms with van der Waals surface area (Å²) in [4.78, 5) is 23.6. The van der Waals surface area contributed by atoms with Crippen molar-refractivity contribution >= 4 is 27.5 Å². The zero-order chi connectivity index (χ0) is 17.4. The maximum Gasteiger partial charge on any atom is 0.336 e. The number of rotatable bonds is 3. The van der Waals surface area contributed by atoms with Crippen LogP contribution >= 0.6 is 0 Å². The van der Waals surface area contributed by atoms with Gasteiger partial charge in [-0.15, -0.1) is 0 Å². The van der Waals surface area contributed by atoms with Crippen molar-refractivity contribution in [3.63, 3.8) is 0 Å². The molecule has 0 spiro atoms. The molecule has 4 rings (SSSR count). The largest absolute Gasteiger partial charge is 0.423 e. The van der Waals surface area contributed by atoms with Gasteiger partial charge in [0.1, 0.15) is 5.58 Å². The van der Waals surface area contributed by atoms with Gasteiger partial charge in [0.15, 0.2) is 24.7 Å². The van der Waals surface area contributed by atoms with Gasteiger partial charge >= 0.3 is 5.63 Å². The van der Waals surface area contributed by atoms with E-state index in [4.69, 9.17) is 4.42 Å². The number of carbonyl (C=O) groups excluding carboxylic acids is 1. The second kappa shape index (κ2) is 5.98. The summed E-state index contributed by atoms with van der Waals surface area (Å²) in [5.74, 6) is 0.0113. The summed E-state index contributed by atoms with van der Waals surface area (Å²) in [6.45, 7) is 2.02. The number of benzene rings is 2. The molecule has 0 atom stereocenters. The standard InChI is InChI=1S/C21H16NO3/c1-14(23)16-6-4-10-22(12-16)13-17-11-20(24)25-19-9-8-15-5-2-3-7-18(15)21(17)19/h2-12H,13H2,1H3/q+1. The Labute approximate surface area is 144 Å². The molecule has 0 unspecified atom stereocenters. The predicted octanol–water partition coefficient (Wildman–Crippen LogP) is 3.48. The number of nitrogens with zero attached hydrogens (tertiary/aromatic N) is 1. The number of aromatic nitrogens is 1. The van der Waals surface area contributed by atoms with E-state index in [9.17, 15) is 9.59 Å². The van der Waals surface area contributed by atoms with Gasteiger partial charge in [0.2, 0.25) is 0 Å². The van der Waals surface area contributed by atoms with E-state index < -0.39 is 0 Å². The summed E-state index contributed by atoms with van der Waals surface area (Å²) >= 11 is 0. The van der Waals surface area contributed by atoms with Crippen LogP contribution in [0.15, 0.2) is 76.2 Å². The van der Waals surface area contributed by atoms with Gasteiger partial charge in [-0.2, -0.15) is 0 Å². The zero-order valence-corrected chi connectivity index (χ0v) is 13.7. The van der Waals surface area contributed by atoms with Gasteiger partial charge in [-0.25, -0.2) is 9.36 Å². The van der Waals surface area contributed by atoms with Crippen molar-refractivity contribution in [2.75, 3.05) is 0 Å². The van der Waals surface area contributed by atoms with E-state index in [-0.39, 0.29) is 11.4 Å². The van der Waals surface area contributed by atoms with Gasteiger partial charge in [0, 0.05) is 23.1 Å². The molecule has 2 aromatic heterocycles. The molecule has 2 heterocycles. The molecule has 0 fully saturated rings. The monoisotopic (exact) mass is 330 g/mol. The summed E-state index contributed by atoms with van der Waals surface area (Å²) in [6.07, 6.45) is 3.69. The van der Waals surface area contributed by atoms with Gasteiger partial charge in [-0.1, -0.05) is 30.3 Å². The third kappa shape index (κ3) is 2.83. The molecule has 122 valence electrons. The maximum atomic E-state index is 12.0. The molecular weight excluding hydrogens is 314 g/mol. The van der Waals surface area contributed by atoms with Gasteiger partial charge < -0.3 is 4.42 Å². The van der Waals surface area contributed by atoms with Crippen molar-refractivity contribution in [2.24, 2.45) is 0 Å². The van der Waals surface area contributed by atoms with Crippen molar-refractivity contribution in [2.45, 2.75) is 13.5 Å².